The van der Waals surface area contributed by atoms with E-state index in [-0.39, 0.29) is 10.6 Å². The summed E-state index contributed by atoms with van der Waals surface area (Å²) in [6.45, 7) is 4.47. The molecule has 0 amide bonds. The van der Waals surface area contributed by atoms with Crippen molar-refractivity contribution in [1.29, 1.82) is 0 Å². The molecule has 1 aliphatic rings. The van der Waals surface area contributed by atoms with Gasteiger partial charge in [-0.1, -0.05) is 20.3 Å². The monoisotopic (exact) mass is 250 g/mol. The second kappa shape index (κ2) is 5.33. The minimum atomic E-state index is -0.351. The summed E-state index contributed by atoms with van der Waals surface area (Å²) in [5.41, 5.74) is 0.114. The van der Waals surface area contributed by atoms with E-state index < -0.39 is 0 Å². The van der Waals surface area contributed by atoms with Gasteiger partial charge >= 0.3 is 11.5 Å². The summed E-state index contributed by atoms with van der Waals surface area (Å²) < 4.78 is 0. The van der Waals surface area contributed by atoms with Crippen LogP contribution in [-0.4, -0.2) is 11.0 Å². The third kappa shape index (κ3) is 2.60. The predicted molar refractivity (Wildman–Crippen MR) is 69.2 cm³/mol. The normalized spacial score (nSPS) is 27.8. The Morgan fingerprint density at radius 1 is 1.44 bits per heavy atom. The van der Waals surface area contributed by atoms with Crippen LogP contribution in [-0.2, 0) is 0 Å². The maximum Gasteiger partial charge on any atom is 0.357 e. The molecule has 5 heteroatoms. The molecule has 0 unspecified atom stereocenters. The van der Waals surface area contributed by atoms with Crippen LogP contribution in [0.25, 0.3) is 0 Å². The summed E-state index contributed by atoms with van der Waals surface area (Å²) in [5, 5.41) is 14.3. The van der Waals surface area contributed by atoms with Gasteiger partial charge in [0.2, 0.25) is 0 Å². The molecule has 1 fully saturated rings. The molecule has 1 saturated carbocycles. The number of nitrogens with one attached hydrogen (secondary N) is 2. The number of H-pyrrole nitrogens is 1. The van der Waals surface area contributed by atoms with Crippen molar-refractivity contribution >= 4 is 11.5 Å². The average molecular weight is 250 g/mol. The Hall–Kier alpha value is -1.65. The van der Waals surface area contributed by atoms with Crippen LogP contribution < -0.4 is 10.3 Å². The smallest absolute Gasteiger partial charge is 0.266 e. The number of pyridine rings is 1. The molecule has 1 aromatic heterocycles. The molecule has 0 saturated heterocycles. The Morgan fingerprint density at radius 2 is 2.22 bits per heavy atom. The summed E-state index contributed by atoms with van der Waals surface area (Å²) in [7, 11) is 0. The van der Waals surface area contributed by atoms with Crippen molar-refractivity contribution in [2.75, 3.05) is 5.32 Å². The van der Waals surface area contributed by atoms with E-state index in [2.05, 4.69) is 24.1 Å². The summed E-state index contributed by atoms with van der Waals surface area (Å²) in [6, 6.07) is 3.48. The van der Waals surface area contributed by atoms with E-state index in [0.717, 1.165) is 6.42 Å². The summed E-state index contributed by atoms with van der Waals surface area (Å²) >= 11 is 0. The molecule has 18 heavy (non-hydrogen) atoms. The van der Waals surface area contributed by atoms with Crippen molar-refractivity contribution in [1.82, 2.24) is 0 Å². The zero-order valence-corrected chi connectivity index (χ0v) is 10.8. The van der Waals surface area contributed by atoms with Gasteiger partial charge in [0.15, 0.2) is 0 Å². The van der Waals surface area contributed by atoms with Crippen molar-refractivity contribution in [3.63, 3.8) is 0 Å². The van der Waals surface area contributed by atoms with Gasteiger partial charge in [0.25, 0.3) is 0 Å². The number of aromatic nitrogens is 1. The number of hydrogen-bond donors (Lipinski definition) is 1. The molecular formula is C13H20N3O2+. The fourth-order valence-electron chi connectivity index (χ4n) is 2.67. The first-order valence-electron chi connectivity index (χ1n) is 6.51. The van der Waals surface area contributed by atoms with Gasteiger partial charge in [-0.25, -0.2) is 4.98 Å². The molecule has 98 valence electrons. The predicted octanol–water partition coefficient (Wildman–Crippen LogP) is 2.65. The van der Waals surface area contributed by atoms with Crippen molar-refractivity contribution in [3.8, 4) is 0 Å². The maximum absolute atomic E-state index is 11.0. The van der Waals surface area contributed by atoms with E-state index >= 15 is 0 Å². The van der Waals surface area contributed by atoms with E-state index in [0.29, 0.717) is 23.7 Å². The van der Waals surface area contributed by atoms with Gasteiger partial charge in [0, 0.05) is 6.07 Å². The van der Waals surface area contributed by atoms with Crippen LogP contribution in [0.4, 0.5) is 11.5 Å². The highest BCUT2D eigenvalue weighted by Gasteiger charge is 2.32. The van der Waals surface area contributed by atoms with Gasteiger partial charge < -0.3 is 0 Å². The highest BCUT2D eigenvalue weighted by atomic mass is 16.6. The number of anilines is 1. The standard InChI is InChI=1S/C13H19N3O2/c1-9-5-3-6-11(10(9)2)15-13-12(16(17)18)7-4-8-14-13/h4,7-11H,3,5-6H2,1-2H3,(H,14,15)/p+1/t9-,10-,11-/m1/s1. The number of nitrogens with zero attached hydrogens (tertiary/aromatic N) is 1. The van der Waals surface area contributed by atoms with Gasteiger partial charge in [0.1, 0.15) is 0 Å². The SMILES string of the molecule is C[C@@H]1[C@H](C)CCC[C@H]1Nc1[nH+]cccc1[N+](=O)[O-]. The summed E-state index contributed by atoms with van der Waals surface area (Å²) in [5.74, 6) is 1.72. The van der Waals surface area contributed by atoms with Crippen LogP contribution in [0.5, 0.6) is 0 Å². The van der Waals surface area contributed by atoms with E-state index in [1.54, 1.807) is 12.3 Å². The molecule has 0 radical (unpaired) electrons. The van der Waals surface area contributed by atoms with Gasteiger partial charge in [-0.2, -0.15) is 0 Å². The molecule has 0 bridgehead atoms. The molecule has 0 aromatic carbocycles. The van der Waals surface area contributed by atoms with E-state index in [1.807, 2.05) is 0 Å². The van der Waals surface area contributed by atoms with E-state index in [4.69, 9.17) is 0 Å². The number of aromatic amines is 1. The Bertz CT molecular complexity index is 436. The fourth-order valence-corrected chi connectivity index (χ4v) is 2.67. The zero-order chi connectivity index (χ0) is 13.1. The third-order valence-corrected chi connectivity index (χ3v) is 4.07. The number of hydrogen-bond acceptors (Lipinski definition) is 3. The van der Waals surface area contributed by atoms with Gasteiger partial charge in [-0.05, 0) is 30.7 Å². The number of nitro groups is 1. The highest BCUT2D eigenvalue weighted by Crippen LogP contribution is 2.32. The lowest BCUT2D eigenvalue weighted by Gasteiger charge is -2.31. The zero-order valence-electron chi connectivity index (χ0n) is 10.8. The molecule has 1 aromatic rings. The second-order valence-electron chi connectivity index (χ2n) is 5.21. The lowest BCUT2D eigenvalue weighted by Crippen LogP contribution is -2.36. The number of rotatable bonds is 3. The molecule has 0 spiro atoms. The van der Waals surface area contributed by atoms with Crippen LogP contribution in [0.2, 0.25) is 0 Å². The lowest BCUT2D eigenvalue weighted by molar-refractivity contribution is -0.410. The lowest BCUT2D eigenvalue weighted by atomic mass is 9.78. The molecule has 3 atom stereocenters. The van der Waals surface area contributed by atoms with Crippen molar-refractivity contribution in [3.05, 3.63) is 28.4 Å². The highest BCUT2D eigenvalue weighted by molar-refractivity contribution is 5.51. The van der Waals surface area contributed by atoms with Crippen LogP contribution >= 0.6 is 0 Å². The molecule has 2 N–H and O–H groups in total. The Morgan fingerprint density at radius 3 is 2.94 bits per heavy atom. The van der Waals surface area contributed by atoms with Crippen LogP contribution in [0.1, 0.15) is 33.1 Å². The van der Waals surface area contributed by atoms with E-state index in [1.165, 1.54) is 18.9 Å². The van der Waals surface area contributed by atoms with Crippen LogP contribution in [0.3, 0.4) is 0 Å². The van der Waals surface area contributed by atoms with Crippen LogP contribution in [0.15, 0.2) is 18.3 Å². The minimum Gasteiger partial charge on any atom is -0.266 e. The largest absolute Gasteiger partial charge is 0.357 e. The summed E-state index contributed by atoms with van der Waals surface area (Å²) in [4.78, 5) is 13.6. The average Bonchev–Trinajstić information content (AvgIpc) is 2.35. The Balaban J connectivity index is 2.16. The minimum absolute atomic E-state index is 0.114. The van der Waals surface area contributed by atoms with Gasteiger partial charge in [-0.3, -0.25) is 15.4 Å². The van der Waals surface area contributed by atoms with Gasteiger partial charge in [-0.15, -0.1) is 0 Å². The van der Waals surface area contributed by atoms with E-state index in [9.17, 15) is 10.1 Å². The first-order valence-corrected chi connectivity index (χ1v) is 6.51. The topological polar surface area (TPSA) is 69.3 Å². The molecular weight excluding hydrogens is 230 g/mol. The molecule has 1 heterocycles. The van der Waals surface area contributed by atoms with Crippen molar-refractivity contribution in [2.24, 2.45) is 11.8 Å². The fraction of sp³-hybridized carbons (Fsp3) is 0.615. The third-order valence-electron chi connectivity index (χ3n) is 4.07. The molecule has 0 aliphatic heterocycles. The first-order chi connectivity index (χ1) is 8.59. The van der Waals surface area contributed by atoms with Gasteiger partial charge in [0.05, 0.1) is 17.2 Å². The quantitative estimate of drug-likeness (QED) is 0.662. The Labute approximate surface area is 107 Å². The van der Waals surface area contributed by atoms with Crippen molar-refractivity contribution in [2.45, 2.75) is 39.2 Å². The molecule has 1 aliphatic carbocycles. The first kappa shape index (κ1) is 12.8. The van der Waals surface area contributed by atoms with Crippen molar-refractivity contribution < 1.29 is 9.91 Å². The summed E-state index contributed by atoms with van der Waals surface area (Å²) in [6.07, 6.45) is 5.22. The van der Waals surface area contributed by atoms with Crippen LogP contribution in [0, 0.1) is 22.0 Å². The second-order valence-corrected chi connectivity index (χ2v) is 5.21. The Kier molecular flexibility index (Phi) is 3.79. The maximum atomic E-state index is 11.0. The molecule has 2 rings (SSSR count). The molecule has 5 nitrogen and oxygen atoms in total.